The molecule has 1 aromatic rings. The van der Waals surface area contributed by atoms with Crippen molar-refractivity contribution >= 4 is 17.4 Å². The van der Waals surface area contributed by atoms with E-state index in [9.17, 15) is 18.0 Å². The Morgan fingerprint density at radius 2 is 2.00 bits per heavy atom. The van der Waals surface area contributed by atoms with Crippen molar-refractivity contribution in [3.8, 4) is 0 Å². The first-order valence-electron chi connectivity index (χ1n) is 6.47. The van der Waals surface area contributed by atoms with Crippen molar-refractivity contribution in [2.75, 3.05) is 11.1 Å². The van der Waals surface area contributed by atoms with Gasteiger partial charge in [-0.1, -0.05) is 12.8 Å². The molecule has 3 N–H and O–H groups in total. The van der Waals surface area contributed by atoms with Gasteiger partial charge in [-0.2, -0.15) is 13.2 Å². The molecule has 1 amide bonds. The summed E-state index contributed by atoms with van der Waals surface area (Å²) >= 11 is 0. The van der Waals surface area contributed by atoms with Gasteiger partial charge in [0.05, 0.1) is 17.8 Å². The van der Waals surface area contributed by atoms with Crippen LogP contribution in [0.4, 0.5) is 24.7 Å². The summed E-state index contributed by atoms with van der Waals surface area (Å²) in [6.07, 6.45) is -1.58. The number of anilines is 2. The maximum Gasteiger partial charge on any atom is 0.392 e. The van der Waals surface area contributed by atoms with Gasteiger partial charge in [0.2, 0.25) is 5.91 Å². The van der Waals surface area contributed by atoms with Gasteiger partial charge in [-0.15, -0.1) is 0 Å². The van der Waals surface area contributed by atoms with E-state index in [0.29, 0.717) is 18.5 Å². The number of alkyl halides is 3. The third-order valence-corrected chi connectivity index (χ3v) is 3.56. The quantitative estimate of drug-likeness (QED) is 0.878. The lowest BCUT2D eigenvalue weighted by molar-refractivity contribution is -0.197. The number of hydrogen-bond donors (Lipinski definition) is 2. The lowest BCUT2D eigenvalue weighted by Crippen LogP contribution is -2.39. The predicted molar refractivity (Wildman–Crippen MR) is 68.8 cm³/mol. The molecule has 7 heteroatoms. The van der Waals surface area contributed by atoms with E-state index in [2.05, 4.69) is 10.3 Å². The highest BCUT2D eigenvalue weighted by atomic mass is 19.4. The number of nitrogens with two attached hydrogens (primary N) is 1. The minimum absolute atomic E-state index is 0.0107. The van der Waals surface area contributed by atoms with Crippen LogP contribution in [0, 0.1) is 11.8 Å². The van der Waals surface area contributed by atoms with Crippen molar-refractivity contribution in [3.63, 3.8) is 0 Å². The lowest BCUT2D eigenvalue weighted by atomic mass is 9.78. The number of carbonyl (C=O) groups excluding carboxylic acids is 1. The second-order valence-electron chi connectivity index (χ2n) is 5.01. The minimum Gasteiger partial charge on any atom is -0.397 e. The Labute approximate surface area is 114 Å². The van der Waals surface area contributed by atoms with Crippen molar-refractivity contribution in [1.82, 2.24) is 4.98 Å². The largest absolute Gasteiger partial charge is 0.397 e. The van der Waals surface area contributed by atoms with Crippen molar-refractivity contribution in [3.05, 3.63) is 18.3 Å². The molecule has 0 aliphatic heterocycles. The molecule has 110 valence electrons. The first-order chi connectivity index (χ1) is 9.38. The van der Waals surface area contributed by atoms with Crippen LogP contribution >= 0.6 is 0 Å². The van der Waals surface area contributed by atoms with Crippen LogP contribution in [0.5, 0.6) is 0 Å². The summed E-state index contributed by atoms with van der Waals surface area (Å²) in [5.74, 6) is -3.01. The van der Waals surface area contributed by atoms with Crippen LogP contribution in [0.25, 0.3) is 0 Å². The Hall–Kier alpha value is -1.79. The summed E-state index contributed by atoms with van der Waals surface area (Å²) in [4.78, 5) is 15.9. The molecule has 1 aromatic heterocycles. The summed E-state index contributed by atoms with van der Waals surface area (Å²) in [5.41, 5.74) is 5.88. The number of aromatic nitrogens is 1. The van der Waals surface area contributed by atoms with E-state index in [4.69, 9.17) is 5.73 Å². The number of nitrogen functional groups attached to an aromatic ring is 1. The second kappa shape index (κ2) is 5.68. The van der Waals surface area contributed by atoms with Crippen LogP contribution in [0.3, 0.4) is 0 Å². The molecule has 2 atom stereocenters. The van der Waals surface area contributed by atoms with E-state index >= 15 is 0 Å². The zero-order valence-corrected chi connectivity index (χ0v) is 10.8. The number of nitrogens with one attached hydrogen (secondary N) is 1. The van der Waals surface area contributed by atoms with Gasteiger partial charge in [0.15, 0.2) is 0 Å². The Morgan fingerprint density at radius 1 is 1.30 bits per heavy atom. The molecule has 1 heterocycles. The normalized spacial score (nSPS) is 23.4. The first kappa shape index (κ1) is 14.6. The zero-order valence-electron chi connectivity index (χ0n) is 10.8. The average molecular weight is 287 g/mol. The van der Waals surface area contributed by atoms with Crippen LogP contribution < -0.4 is 11.1 Å². The summed E-state index contributed by atoms with van der Waals surface area (Å²) in [5, 5.41) is 2.44. The molecule has 0 spiro atoms. The standard InChI is InChI=1S/C13H16F3N3O/c14-13(15,16)10-4-2-1-3-9(10)12(20)19-11-6-5-8(17)7-18-11/h5-7,9-10H,1-4,17H2,(H,18,19,20). The highest BCUT2D eigenvalue weighted by Crippen LogP contribution is 2.41. The monoisotopic (exact) mass is 287 g/mol. The van der Waals surface area contributed by atoms with Gasteiger partial charge in [-0.05, 0) is 25.0 Å². The Bertz CT molecular complexity index is 473. The number of rotatable bonds is 2. The Kier molecular flexibility index (Phi) is 4.15. The number of amides is 1. The maximum atomic E-state index is 12.9. The van der Waals surface area contributed by atoms with Crippen LogP contribution in [0.2, 0.25) is 0 Å². The van der Waals surface area contributed by atoms with E-state index < -0.39 is 23.9 Å². The van der Waals surface area contributed by atoms with Crippen molar-refractivity contribution in [2.45, 2.75) is 31.9 Å². The first-order valence-corrected chi connectivity index (χ1v) is 6.47. The molecule has 0 radical (unpaired) electrons. The van der Waals surface area contributed by atoms with Gasteiger partial charge in [-0.3, -0.25) is 4.79 Å². The Balaban J connectivity index is 2.08. The van der Waals surface area contributed by atoms with Crippen molar-refractivity contribution in [1.29, 1.82) is 0 Å². The third kappa shape index (κ3) is 3.40. The maximum absolute atomic E-state index is 12.9. The Morgan fingerprint density at radius 3 is 2.60 bits per heavy atom. The smallest absolute Gasteiger partial charge is 0.392 e. The summed E-state index contributed by atoms with van der Waals surface area (Å²) in [6.45, 7) is 0. The molecule has 0 saturated heterocycles. The van der Waals surface area contributed by atoms with Crippen molar-refractivity contribution < 1.29 is 18.0 Å². The molecular weight excluding hydrogens is 271 g/mol. The van der Waals surface area contributed by atoms with Crippen LogP contribution in [-0.2, 0) is 4.79 Å². The molecule has 1 aliphatic rings. The molecule has 0 aromatic carbocycles. The fourth-order valence-electron chi connectivity index (χ4n) is 2.53. The van der Waals surface area contributed by atoms with Gasteiger partial charge in [0.25, 0.3) is 0 Å². The average Bonchev–Trinajstić information content (AvgIpc) is 2.40. The molecule has 4 nitrogen and oxygen atoms in total. The number of nitrogens with zero attached hydrogens (tertiary/aromatic N) is 1. The SMILES string of the molecule is Nc1ccc(NC(=O)C2CCCCC2C(F)(F)F)nc1. The van der Waals surface area contributed by atoms with Gasteiger partial charge in [0.1, 0.15) is 5.82 Å². The number of pyridine rings is 1. The number of hydrogen-bond acceptors (Lipinski definition) is 3. The molecule has 1 saturated carbocycles. The van der Waals surface area contributed by atoms with Gasteiger partial charge in [0, 0.05) is 5.92 Å². The number of halogens is 3. The van der Waals surface area contributed by atoms with Gasteiger partial charge in [-0.25, -0.2) is 4.98 Å². The zero-order chi connectivity index (χ0) is 14.8. The van der Waals surface area contributed by atoms with E-state index in [0.717, 1.165) is 0 Å². The summed E-state index contributed by atoms with van der Waals surface area (Å²) < 4.78 is 38.8. The third-order valence-electron chi connectivity index (χ3n) is 3.56. The molecular formula is C13H16F3N3O. The van der Waals surface area contributed by atoms with Crippen LogP contribution in [0.1, 0.15) is 25.7 Å². The topological polar surface area (TPSA) is 68.0 Å². The van der Waals surface area contributed by atoms with Crippen LogP contribution in [-0.4, -0.2) is 17.1 Å². The molecule has 0 bridgehead atoms. The van der Waals surface area contributed by atoms with E-state index in [1.165, 1.54) is 18.3 Å². The van der Waals surface area contributed by atoms with Crippen molar-refractivity contribution in [2.24, 2.45) is 11.8 Å². The van der Waals surface area contributed by atoms with Gasteiger partial charge < -0.3 is 11.1 Å². The second-order valence-corrected chi connectivity index (χ2v) is 5.01. The van der Waals surface area contributed by atoms with E-state index in [1.54, 1.807) is 0 Å². The van der Waals surface area contributed by atoms with E-state index in [-0.39, 0.29) is 18.7 Å². The lowest BCUT2D eigenvalue weighted by Gasteiger charge is -2.31. The molecule has 2 unspecified atom stereocenters. The van der Waals surface area contributed by atoms with E-state index in [1.807, 2.05) is 0 Å². The highest BCUT2D eigenvalue weighted by molar-refractivity contribution is 5.92. The predicted octanol–water partition coefficient (Wildman–Crippen LogP) is 2.97. The number of carbonyl (C=O) groups is 1. The molecule has 1 aliphatic carbocycles. The fourth-order valence-corrected chi connectivity index (χ4v) is 2.53. The van der Waals surface area contributed by atoms with Crippen LogP contribution in [0.15, 0.2) is 18.3 Å². The highest BCUT2D eigenvalue weighted by Gasteiger charge is 2.48. The summed E-state index contributed by atoms with van der Waals surface area (Å²) in [7, 11) is 0. The minimum atomic E-state index is -4.34. The fraction of sp³-hybridized carbons (Fsp3) is 0.538. The van der Waals surface area contributed by atoms with Gasteiger partial charge >= 0.3 is 6.18 Å². The molecule has 2 rings (SSSR count). The molecule has 1 fully saturated rings. The molecule has 20 heavy (non-hydrogen) atoms. The summed E-state index contributed by atoms with van der Waals surface area (Å²) in [6, 6.07) is 3.00.